The van der Waals surface area contributed by atoms with E-state index in [2.05, 4.69) is 100 Å². The lowest BCUT2D eigenvalue weighted by molar-refractivity contribution is -0.156. The molecule has 1 saturated heterocycles. The standard InChI is InChI=1S/C24H44O6.C16H20O6.C14H20O2.C14H22O2.C14H28O2.C13H18O2.2C10H14O.C6H12O2/c1-6-9-14-20(7-2)19-30-22(26)15-11-10-12-17-28-21(25)16-13-18-29-23(27)24(4,5)8-3;1-4-16(2,3)15(20)22-10-9-21-14(19)12-8-6-5-7-11(12)13(17)18;1-3-11(2)12-6-8-13(9-7-12)16-14-5-4-10-15-14;1-5-11(3)13-7-9-14(10-8-13)16-12(4)15-6-2;1-5-7-8-9-10-11-12-16-13(15)14(3,4)6-2;1-4-13(2,3)12(14)15-10-11-8-6-5-7-9-11;2*1-3-8(2)9-4-6-10(11)7-5-9;1-4-6(2,3)5(7)8/h20H,6-19H2,1-5H3;5-8H,4,9-10H2,1-3H3,(H,17,18);6-9,11,14H,3-5,10H2,1-2H3;7-12H,5-6H2,1-4H3;5-12H2,1-4H3;5-9H,4,10H2,1-3H3;2*4-8,11H,3H2,1-2H3;4H2,1-3H3,(H,7,8). The zero-order valence-corrected chi connectivity index (χ0v) is 94.4. The molecule has 7 unspecified atom stereocenters. The fourth-order valence-corrected chi connectivity index (χ4v) is 12.4. The van der Waals surface area contributed by atoms with Crippen molar-refractivity contribution in [3.05, 3.63) is 191 Å². The van der Waals surface area contributed by atoms with Crippen molar-refractivity contribution in [3.8, 4) is 23.0 Å². The van der Waals surface area contributed by atoms with Crippen molar-refractivity contribution in [2.75, 3.05) is 52.9 Å². The number of unbranched alkanes of at least 4 members (excludes halogenated alkanes) is 8. The number of esters is 7. The Morgan fingerprint density at radius 2 is 0.745 bits per heavy atom. The average Bonchev–Trinajstić information content (AvgIpc) is 1.82. The van der Waals surface area contributed by atoms with Crippen LogP contribution in [0.1, 0.15) is 439 Å². The second-order valence-electron chi connectivity index (χ2n) is 40.2. The molecule has 1 aliphatic rings. The monoisotopic (exact) mass is 2030 g/mol. The molecule has 0 aromatic heterocycles. The molecule has 0 radical (unpaired) electrons. The molecule has 0 bridgehead atoms. The molecule has 6 aromatic rings. The van der Waals surface area contributed by atoms with Crippen LogP contribution in [0.4, 0.5) is 0 Å². The summed E-state index contributed by atoms with van der Waals surface area (Å²) in [5.74, 6) is 1.47. The number of ether oxygens (including phenoxy) is 11. The van der Waals surface area contributed by atoms with Gasteiger partial charge < -0.3 is 72.5 Å². The minimum absolute atomic E-state index is 0.0322. The highest BCUT2D eigenvalue weighted by atomic mass is 16.7. The number of benzene rings is 6. The molecule has 24 nitrogen and oxygen atoms in total. The van der Waals surface area contributed by atoms with Crippen molar-refractivity contribution in [1.82, 2.24) is 0 Å². The maximum absolute atomic E-state index is 11.8. The zero-order valence-electron chi connectivity index (χ0n) is 94.4. The largest absolute Gasteiger partial charge is 0.508 e. The van der Waals surface area contributed by atoms with Crippen LogP contribution in [-0.4, -0.2) is 140 Å². The van der Waals surface area contributed by atoms with E-state index in [4.69, 9.17) is 72.5 Å². The fourth-order valence-electron chi connectivity index (χ4n) is 12.4. The van der Waals surface area contributed by atoms with Crippen molar-refractivity contribution in [1.29, 1.82) is 0 Å². The Kier molecular flexibility index (Phi) is 74.4. The van der Waals surface area contributed by atoms with Crippen molar-refractivity contribution in [2.45, 2.75) is 410 Å². The normalized spacial score (nSPS) is 13.2. The van der Waals surface area contributed by atoms with Crippen molar-refractivity contribution in [2.24, 2.45) is 33.0 Å². The highest BCUT2D eigenvalue weighted by Gasteiger charge is 2.31. The van der Waals surface area contributed by atoms with Gasteiger partial charge in [0.25, 0.3) is 0 Å². The van der Waals surface area contributed by atoms with Crippen LogP contribution in [0, 0.1) is 33.0 Å². The quantitative estimate of drug-likeness (QED) is 0.0119. The number of carbonyl (C=O) groups is 9. The summed E-state index contributed by atoms with van der Waals surface area (Å²) in [4.78, 5) is 103. The number of carboxylic acid groups (broad SMARTS) is 2. The summed E-state index contributed by atoms with van der Waals surface area (Å²) in [5, 5.41) is 35.5. The lowest BCUT2D eigenvalue weighted by Crippen LogP contribution is -2.27. The Labute approximate surface area is 874 Å². The van der Waals surface area contributed by atoms with Crippen LogP contribution < -0.4 is 9.47 Å². The van der Waals surface area contributed by atoms with E-state index in [1.54, 1.807) is 58.0 Å². The van der Waals surface area contributed by atoms with Crippen LogP contribution in [0.3, 0.4) is 0 Å². The van der Waals surface area contributed by atoms with Crippen molar-refractivity contribution < 1.29 is 116 Å². The minimum atomic E-state index is -1.20. The Morgan fingerprint density at radius 3 is 1.14 bits per heavy atom. The molecule has 7 atom stereocenters. The van der Waals surface area contributed by atoms with E-state index in [-0.39, 0.29) is 96.6 Å². The Hall–Kier alpha value is -10.3. The third-order valence-corrected chi connectivity index (χ3v) is 26.3. The van der Waals surface area contributed by atoms with Crippen LogP contribution in [0.2, 0.25) is 0 Å². The molecule has 820 valence electrons. The van der Waals surface area contributed by atoms with Gasteiger partial charge in [-0.05, 0) is 304 Å². The lowest BCUT2D eigenvalue weighted by Gasteiger charge is -2.20. The predicted octanol–water partition coefficient (Wildman–Crippen LogP) is 30.6. The Bertz CT molecular complexity index is 4340. The minimum Gasteiger partial charge on any atom is -0.508 e. The van der Waals surface area contributed by atoms with E-state index in [9.17, 15) is 43.2 Å². The van der Waals surface area contributed by atoms with E-state index in [1.807, 2.05) is 169 Å². The number of hydrogen-bond donors (Lipinski definition) is 4. The number of hydrogen-bond acceptors (Lipinski definition) is 22. The van der Waals surface area contributed by atoms with Gasteiger partial charge in [0.05, 0.1) is 71.2 Å². The first-order valence-corrected chi connectivity index (χ1v) is 53.7. The molecule has 4 N–H and O–H groups in total. The van der Waals surface area contributed by atoms with Gasteiger partial charge in [0.15, 0.2) is 12.6 Å². The number of carboxylic acids is 2. The van der Waals surface area contributed by atoms with Gasteiger partial charge in [0.2, 0.25) is 0 Å². The SMILES string of the molecule is CCC(C)(C)C(=O)O.CCC(C)(C)C(=O)OCCOC(=O)c1ccccc1C(=O)O.CCC(C)(C)C(=O)OCc1ccccc1.CCC(C)c1ccc(O)cc1.CCC(C)c1ccc(O)cc1.CCC(C)c1ccc(OC2CCCO2)cc1.CCCCC(CC)COC(=O)CCCCCOC(=O)CCCOC(=O)C(C)(C)CC.CCCCCCCCOC(=O)C(C)(C)CC.CCOC(C)Oc1ccc(C(C)CC)cc1. The van der Waals surface area contributed by atoms with Gasteiger partial charge in [-0.3, -0.25) is 33.6 Å². The van der Waals surface area contributed by atoms with Gasteiger partial charge in [-0.2, -0.15) is 0 Å². The third-order valence-electron chi connectivity index (χ3n) is 26.3. The first kappa shape index (κ1) is 137. The number of aromatic hydroxyl groups is 2. The molecule has 7 rings (SSSR count). The van der Waals surface area contributed by atoms with E-state index >= 15 is 0 Å². The lowest BCUT2D eigenvalue weighted by atomic mass is 9.91. The highest BCUT2D eigenvalue weighted by molar-refractivity contribution is 6.02. The fraction of sp³-hybridized carbons (Fsp3) is 0.628. The van der Waals surface area contributed by atoms with Crippen LogP contribution in [-0.2, 0) is 82.8 Å². The number of phenolic OH excluding ortho intramolecular Hbond substituents is 2. The summed E-state index contributed by atoms with van der Waals surface area (Å²) in [6.45, 7) is 59.4. The van der Waals surface area contributed by atoms with E-state index in [1.165, 1.54) is 91.8 Å². The van der Waals surface area contributed by atoms with Crippen LogP contribution in [0.15, 0.2) is 152 Å². The van der Waals surface area contributed by atoms with Crippen molar-refractivity contribution >= 4 is 53.7 Å². The molecule has 1 heterocycles. The summed E-state index contributed by atoms with van der Waals surface area (Å²) in [6, 6.07) is 47.0. The third kappa shape index (κ3) is 63.1. The molecule has 145 heavy (non-hydrogen) atoms. The number of aliphatic carboxylic acids is 1. The van der Waals surface area contributed by atoms with Gasteiger partial charge in [-0.25, -0.2) is 9.59 Å². The molecule has 0 aliphatic carbocycles. The highest BCUT2D eigenvalue weighted by Crippen LogP contribution is 2.31. The molecule has 0 spiro atoms. The summed E-state index contributed by atoms with van der Waals surface area (Å²) in [6.07, 6.45) is 25.5. The number of aromatic carboxylic acids is 1. The van der Waals surface area contributed by atoms with Crippen LogP contribution in [0.25, 0.3) is 0 Å². The van der Waals surface area contributed by atoms with Gasteiger partial charge >= 0.3 is 53.7 Å². The van der Waals surface area contributed by atoms with Crippen LogP contribution >= 0.6 is 0 Å². The summed E-state index contributed by atoms with van der Waals surface area (Å²) >= 11 is 0. The molecule has 6 aromatic carbocycles. The van der Waals surface area contributed by atoms with E-state index in [0.717, 1.165) is 107 Å². The first-order chi connectivity index (χ1) is 68.6. The molecule has 0 saturated carbocycles. The van der Waals surface area contributed by atoms with Crippen LogP contribution in [0.5, 0.6) is 23.0 Å². The summed E-state index contributed by atoms with van der Waals surface area (Å²) < 4.78 is 58.3. The maximum atomic E-state index is 11.8. The van der Waals surface area contributed by atoms with Gasteiger partial charge in [-0.15, -0.1) is 0 Å². The predicted molar refractivity (Wildman–Crippen MR) is 582 cm³/mol. The molecular weight excluding hydrogens is 1840 g/mol. The topological polar surface area (TPSA) is 336 Å². The van der Waals surface area contributed by atoms with Crippen molar-refractivity contribution in [3.63, 3.8) is 0 Å². The van der Waals surface area contributed by atoms with Gasteiger partial charge in [-0.1, -0.05) is 253 Å². The average molecular weight is 2030 g/mol. The number of rotatable bonds is 54. The van der Waals surface area contributed by atoms with Gasteiger partial charge in [0, 0.05) is 25.9 Å². The van der Waals surface area contributed by atoms with Gasteiger partial charge in [0.1, 0.15) is 42.8 Å². The summed E-state index contributed by atoms with van der Waals surface area (Å²) in [7, 11) is 0. The molecule has 24 heteroatoms. The summed E-state index contributed by atoms with van der Waals surface area (Å²) in [5.41, 5.74) is 3.89. The molecular formula is C121H192O24. The maximum Gasteiger partial charge on any atom is 0.339 e. The molecule has 1 fully saturated rings. The Balaban J connectivity index is 0. The molecule has 0 amide bonds. The Morgan fingerprint density at radius 1 is 0.372 bits per heavy atom. The first-order valence-electron chi connectivity index (χ1n) is 53.7. The second-order valence-corrected chi connectivity index (χ2v) is 40.2. The number of phenols is 2. The second kappa shape index (κ2) is 78.9. The van der Waals surface area contributed by atoms with E-state index in [0.29, 0.717) is 106 Å². The molecule has 1 aliphatic heterocycles. The smallest absolute Gasteiger partial charge is 0.339 e. The van der Waals surface area contributed by atoms with E-state index < -0.39 is 34.2 Å². The number of carbonyl (C=O) groups excluding carboxylic acids is 7. The zero-order chi connectivity index (χ0) is 110.